The van der Waals surface area contributed by atoms with Crippen molar-refractivity contribution in [2.75, 3.05) is 39.3 Å². The quantitative estimate of drug-likeness (QED) is 0.0527. The summed E-state index contributed by atoms with van der Waals surface area (Å²) in [7, 11) is 0. The van der Waals surface area contributed by atoms with Gasteiger partial charge in [0.2, 0.25) is 29.5 Å². The van der Waals surface area contributed by atoms with Crippen molar-refractivity contribution in [3.8, 4) is 0 Å². The molecule has 0 aromatic rings. The van der Waals surface area contributed by atoms with Gasteiger partial charge >= 0.3 is 5.97 Å². The lowest BCUT2D eigenvalue weighted by Gasteiger charge is -2.20. The first-order chi connectivity index (χ1) is 19.0. The highest BCUT2D eigenvalue weighted by Crippen LogP contribution is 2.03. The van der Waals surface area contributed by atoms with E-state index in [9.17, 15) is 28.8 Å². The van der Waals surface area contributed by atoms with Crippen LogP contribution in [-0.2, 0) is 28.8 Å². The normalized spacial score (nSPS) is 12.9. The summed E-state index contributed by atoms with van der Waals surface area (Å²) in [4.78, 5) is 72.8. The van der Waals surface area contributed by atoms with Crippen molar-refractivity contribution < 1.29 is 33.9 Å². The van der Waals surface area contributed by atoms with Gasteiger partial charge in [-0.05, 0) is 71.0 Å². The first-order valence-corrected chi connectivity index (χ1v) is 13.5. The number of rotatable bonds is 23. The van der Waals surface area contributed by atoms with E-state index >= 15 is 0 Å². The number of carboxylic acid groups (broad SMARTS) is 1. The van der Waals surface area contributed by atoms with Gasteiger partial charge < -0.3 is 54.6 Å². The number of hydrogen-bond acceptors (Lipinski definition) is 10. The van der Waals surface area contributed by atoms with Crippen molar-refractivity contribution in [3.63, 3.8) is 0 Å². The van der Waals surface area contributed by atoms with Gasteiger partial charge in [-0.1, -0.05) is 6.42 Å². The fourth-order valence-electron chi connectivity index (χ4n) is 3.53. The van der Waals surface area contributed by atoms with Crippen LogP contribution in [0.15, 0.2) is 0 Å². The second-order valence-electron chi connectivity index (χ2n) is 9.25. The Morgan fingerprint density at radius 3 is 1.32 bits per heavy atom. The Labute approximate surface area is 234 Å². The lowest BCUT2D eigenvalue weighted by molar-refractivity contribution is -0.138. The highest BCUT2D eigenvalue weighted by atomic mass is 16.4. The van der Waals surface area contributed by atoms with Crippen LogP contribution in [0, 0.1) is 0 Å². The number of nitrogens with one attached hydrogen (secondary N) is 5. The SMILES string of the molecule is NCCCC[C@H](NC(=O)CNC(=O)[C@H](CCCCN)NC(=O)CNC(=O)[C@@H](N)CCCCN)C(=O)NCC(=O)O. The molecule has 40 heavy (non-hydrogen) atoms. The Kier molecular flexibility index (Phi) is 20.6. The molecule has 0 aromatic carbocycles. The van der Waals surface area contributed by atoms with E-state index in [-0.39, 0.29) is 19.4 Å². The molecule has 0 heterocycles. The number of unbranched alkanes of at least 4 members (excludes halogenated alkanes) is 3. The lowest BCUT2D eigenvalue weighted by atomic mass is 10.1. The number of hydrogen-bond donors (Lipinski definition) is 10. The molecule has 0 aliphatic heterocycles. The fraction of sp³-hybridized carbons (Fsp3) is 0.750. The summed E-state index contributed by atoms with van der Waals surface area (Å²) in [5.74, 6) is -4.34. The van der Waals surface area contributed by atoms with Crippen LogP contribution in [0.4, 0.5) is 0 Å². The van der Waals surface area contributed by atoms with Gasteiger partial charge in [0, 0.05) is 0 Å². The summed E-state index contributed by atoms with van der Waals surface area (Å²) in [6.45, 7) is -0.224. The standard InChI is InChI=1S/C24H47N9O7/c25-10-4-1-7-16(28)22(38)29-13-19(34)32-17(8-2-5-11-26)23(39)30-14-20(35)33-18(9-3-6-12-27)24(40)31-15-21(36)37/h16-18H,1-15,25-28H2,(H,29,38)(H,30,39)(H,31,40)(H,32,34)(H,33,35)(H,36,37)/t16-,17-,18-/m0/s1. The molecule has 0 saturated carbocycles. The van der Waals surface area contributed by atoms with Gasteiger partial charge in [-0.2, -0.15) is 0 Å². The molecule has 16 heteroatoms. The van der Waals surface area contributed by atoms with E-state index in [4.69, 9.17) is 28.0 Å². The molecule has 14 N–H and O–H groups in total. The van der Waals surface area contributed by atoms with Gasteiger partial charge in [0.15, 0.2) is 0 Å². The zero-order chi connectivity index (χ0) is 30.3. The first kappa shape index (κ1) is 36.7. The molecule has 0 unspecified atom stereocenters. The molecular formula is C24H47N9O7. The lowest BCUT2D eigenvalue weighted by Crippen LogP contribution is -2.53. The summed E-state index contributed by atoms with van der Waals surface area (Å²) in [6, 6.07) is -2.80. The van der Waals surface area contributed by atoms with Crippen molar-refractivity contribution in [1.29, 1.82) is 0 Å². The Morgan fingerprint density at radius 1 is 0.550 bits per heavy atom. The highest BCUT2D eigenvalue weighted by molar-refractivity contribution is 5.94. The predicted octanol–water partition coefficient (Wildman–Crippen LogP) is -3.90. The maximum absolute atomic E-state index is 12.8. The van der Waals surface area contributed by atoms with Crippen molar-refractivity contribution >= 4 is 35.5 Å². The van der Waals surface area contributed by atoms with E-state index < -0.39 is 66.7 Å². The molecular weight excluding hydrogens is 526 g/mol. The maximum atomic E-state index is 12.8. The van der Waals surface area contributed by atoms with E-state index in [1.54, 1.807) is 0 Å². The summed E-state index contributed by atoms with van der Waals surface area (Å²) in [6.07, 6.45) is 4.52. The number of carbonyl (C=O) groups is 6. The largest absolute Gasteiger partial charge is 0.480 e. The summed E-state index contributed by atoms with van der Waals surface area (Å²) >= 11 is 0. The minimum Gasteiger partial charge on any atom is -0.480 e. The van der Waals surface area contributed by atoms with Crippen LogP contribution in [0.1, 0.15) is 57.8 Å². The molecule has 0 radical (unpaired) electrons. The molecule has 5 amide bonds. The summed E-state index contributed by atoms with van der Waals surface area (Å²) in [5, 5.41) is 20.9. The van der Waals surface area contributed by atoms with E-state index in [0.717, 1.165) is 6.42 Å². The van der Waals surface area contributed by atoms with Crippen molar-refractivity contribution in [3.05, 3.63) is 0 Å². The molecule has 0 saturated heterocycles. The topological polar surface area (TPSA) is 287 Å². The Hall–Kier alpha value is -3.34. The van der Waals surface area contributed by atoms with Gasteiger partial charge in [-0.15, -0.1) is 0 Å². The number of carbonyl (C=O) groups excluding carboxylic acids is 5. The third kappa shape index (κ3) is 18.0. The van der Waals surface area contributed by atoms with Crippen LogP contribution < -0.4 is 49.5 Å². The van der Waals surface area contributed by atoms with Crippen molar-refractivity contribution in [2.45, 2.75) is 75.9 Å². The summed E-state index contributed by atoms with van der Waals surface area (Å²) < 4.78 is 0. The third-order valence-electron chi connectivity index (χ3n) is 5.76. The van der Waals surface area contributed by atoms with E-state index in [0.29, 0.717) is 58.2 Å². The number of aliphatic carboxylic acids is 1. The van der Waals surface area contributed by atoms with E-state index in [1.807, 2.05) is 0 Å². The van der Waals surface area contributed by atoms with Gasteiger partial charge in [-0.3, -0.25) is 28.8 Å². The molecule has 0 fully saturated rings. The van der Waals surface area contributed by atoms with Crippen LogP contribution in [0.2, 0.25) is 0 Å². The maximum Gasteiger partial charge on any atom is 0.322 e. The Morgan fingerprint density at radius 2 is 0.925 bits per heavy atom. The van der Waals surface area contributed by atoms with Crippen LogP contribution in [-0.4, -0.2) is 98.0 Å². The Balaban J connectivity index is 4.95. The predicted molar refractivity (Wildman–Crippen MR) is 147 cm³/mol. The average Bonchev–Trinajstić information content (AvgIpc) is 2.92. The average molecular weight is 574 g/mol. The van der Waals surface area contributed by atoms with Crippen LogP contribution in [0.5, 0.6) is 0 Å². The fourth-order valence-corrected chi connectivity index (χ4v) is 3.53. The van der Waals surface area contributed by atoms with Gasteiger partial charge in [0.05, 0.1) is 19.1 Å². The molecule has 0 rings (SSSR count). The van der Waals surface area contributed by atoms with Crippen LogP contribution in [0.3, 0.4) is 0 Å². The minimum atomic E-state index is -1.24. The molecule has 0 bridgehead atoms. The number of nitrogens with two attached hydrogens (primary N) is 4. The number of carboxylic acids is 1. The third-order valence-corrected chi connectivity index (χ3v) is 5.76. The van der Waals surface area contributed by atoms with Crippen molar-refractivity contribution in [2.24, 2.45) is 22.9 Å². The monoisotopic (exact) mass is 573 g/mol. The van der Waals surface area contributed by atoms with E-state index in [2.05, 4.69) is 26.6 Å². The molecule has 0 aliphatic rings. The molecule has 16 nitrogen and oxygen atoms in total. The molecule has 0 spiro atoms. The summed E-state index contributed by atoms with van der Waals surface area (Å²) in [5.41, 5.74) is 22.2. The smallest absolute Gasteiger partial charge is 0.322 e. The second-order valence-corrected chi connectivity index (χ2v) is 9.25. The first-order valence-electron chi connectivity index (χ1n) is 13.5. The zero-order valence-electron chi connectivity index (χ0n) is 23.0. The van der Waals surface area contributed by atoms with Crippen LogP contribution >= 0.6 is 0 Å². The zero-order valence-corrected chi connectivity index (χ0v) is 23.0. The highest BCUT2D eigenvalue weighted by Gasteiger charge is 2.24. The molecule has 0 aromatic heterocycles. The van der Waals surface area contributed by atoms with Crippen LogP contribution in [0.25, 0.3) is 0 Å². The molecule has 3 atom stereocenters. The minimum absolute atomic E-state index is 0.225. The van der Waals surface area contributed by atoms with Crippen molar-refractivity contribution in [1.82, 2.24) is 26.6 Å². The van der Waals surface area contributed by atoms with Gasteiger partial charge in [0.25, 0.3) is 0 Å². The molecule has 230 valence electrons. The number of amides is 5. The second kappa shape index (κ2) is 22.5. The van der Waals surface area contributed by atoms with E-state index in [1.165, 1.54) is 0 Å². The molecule has 0 aliphatic carbocycles. The van der Waals surface area contributed by atoms with Gasteiger partial charge in [-0.25, -0.2) is 0 Å². The van der Waals surface area contributed by atoms with Gasteiger partial charge in [0.1, 0.15) is 18.6 Å². The Bertz CT molecular complexity index is 814.